The molecule has 0 spiro atoms. The van der Waals surface area contributed by atoms with Crippen molar-refractivity contribution < 1.29 is 9.50 Å². The molecule has 3 heteroatoms. The lowest BCUT2D eigenvalue weighted by Gasteiger charge is -2.11. The van der Waals surface area contributed by atoms with Crippen LogP contribution < -0.4 is 0 Å². The zero-order chi connectivity index (χ0) is 9.42. The molecular weight excluding hydrogens is 235 g/mol. The summed E-state index contributed by atoms with van der Waals surface area (Å²) < 4.78 is 13.5. The Labute approximate surface area is 84.7 Å². The highest BCUT2D eigenvalue weighted by molar-refractivity contribution is 9.10. The van der Waals surface area contributed by atoms with Crippen molar-refractivity contribution in [3.05, 3.63) is 34.1 Å². The fourth-order valence-corrected chi connectivity index (χ4v) is 1.91. The molecule has 0 aliphatic heterocycles. The molecule has 1 atom stereocenters. The van der Waals surface area contributed by atoms with Crippen LogP contribution in [0.4, 0.5) is 4.39 Å². The first kappa shape index (κ1) is 9.16. The summed E-state index contributed by atoms with van der Waals surface area (Å²) in [4.78, 5) is 0. The van der Waals surface area contributed by atoms with Gasteiger partial charge in [-0.25, -0.2) is 4.39 Å². The summed E-state index contributed by atoms with van der Waals surface area (Å²) in [6.07, 6.45) is 1.58. The predicted molar refractivity (Wildman–Crippen MR) is 51.8 cm³/mol. The molecule has 1 aromatic carbocycles. The van der Waals surface area contributed by atoms with Crippen molar-refractivity contribution >= 4 is 15.9 Å². The van der Waals surface area contributed by atoms with Crippen LogP contribution in [0.25, 0.3) is 0 Å². The second-order valence-electron chi connectivity index (χ2n) is 3.43. The molecule has 0 saturated heterocycles. The normalized spacial score (nSPS) is 18.7. The molecule has 1 nitrogen and oxygen atoms in total. The molecule has 1 aliphatic carbocycles. The molecule has 2 rings (SSSR count). The number of benzene rings is 1. The minimum absolute atomic E-state index is 0.308. The Morgan fingerprint density at radius 3 is 2.77 bits per heavy atom. The van der Waals surface area contributed by atoms with Gasteiger partial charge in [0.25, 0.3) is 0 Å². The van der Waals surface area contributed by atoms with Crippen molar-refractivity contribution in [1.29, 1.82) is 0 Å². The lowest BCUT2D eigenvalue weighted by molar-refractivity contribution is 0.152. The largest absolute Gasteiger partial charge is 0.388 e. The van der Waals surface area contributed by atoms with E-state index in [1.54, 1.807) is 12.1 Å². The molecule has 1 aliphatic rings. The first-order valence-corrected chi connectivity index (χ1v) is 5.11. The Morgan fingerprint density at radius 1 is 1.46 bits per heavy atom. The average molecular weight is 245 g/mol. The van der Waals surface area contributed by atoms with E-state index in [4.69, 9.17) is 0 Å². The molecule has 1 unspecified atom stereocenters. The summed E-state index contributed by atoms with van der Waals surface area (Å²) in [6, 6.07) is 4.77. The van der Waals surface area contributed by atoms with E-state index < -0.39 is 6.10 Å². The van der Waals surface area contributed by atoms with Crippen LogP contribution in [0.3, 0.4) is 0 Å². The SMILES string of the molecule is OC(c1cccc(F)c1Br)C1CC1. The highest BCUT2D eigenvalue weighted by atomic mass is 79.9. The van der Waals surface area contributed by atoms with E-state index in [-0.39, 0.29) is 5.82 Å². The minimum atomic E-state index is -0.509. The van der Waals surface area contributed by atoms with Gasteiger partial charge in [0.05, 0.1) is 10.6 Å². The van der Waals surface area contributed by atoms with Crippen molar-refractivity contribution in [2.45, 2.75) is 18.9 Å². The first-order chi connectivity index (χ1) is 6.20. The van der Waals surface area contributed by atoms with Crippen molar-refractivity contribution in [3.8, 4) is 0 Å². The third-order valence-electron chi connectivity index (χ3n) is 2.37. The zero-order valence-corrected chi connectivity index (χ0v) is 8.59. The van der Waals surface area contributed by atoms with Crippen molar-refractivity contribution in [2.24, 2.45) is 5.92 Å². The van der Waals surface area contributed by atoms with E-state index in [0.717, 1.165) is 12.8 Å². The predicted octanol–water partition coefficient (Wildman–Crippen LogP) is 3.03. The molecule has 1 fully saturated rings. The average Bonchev–Trinajstić information content (AvgIpc) is 2.91. The van der Waals surface area contributed by atoms with Crippen LogP contribution in [0.5, 0.6) is 0 Å². The Balaban J connectivity index is 2.32. The van der Waals surface area contributed by atoms with Gasteiger partial charge < -0.3 is 5.11 Å². The summed E-state index contributed by atoms with van der Waals surface area (Å²) in [5.74, 6) is 0.0234. The minimum Gasteiger partial charge on any atom is -0.388 e. The summed E-state index contributed by atoms with van der Waals surface area (Å²) in [5.41, 5.74) is 0.669. The Bertz CT molecular complexity index is 323. The van der Waals surface area contributed by atoms with E-state index >= 15 is 0 Å². The molecule has 0 heterocycles. The van der Waals surface area contributed by atoms with Crippen LogP contribution >= 0.6 is 15.9 Å². The van der Waals surface area contributed by atoms with Gasteiger partial charge in [0.2, 0.25) is 0 Å². The van der Waals surface area contributed by atoms with Gasteiger partial charge in [0.1, 0.15) is 5.82 Å². The van der Waals surface area contributed by atoms with E-state index in [0.29, 0.717) is 16.0 Å². The van der Waals surface area contributed by atoms with Gasteiger partial charge in [-0.2, -0.15) is 0 Å². The molecule has 1 aromatic rings. The summed E-state index contributed by atoms with van der Waals surface area (Å²) >= 11 is 3.14. The fourth-order valence-electron chi connectivity index (χ4n) is 1.41. The molecule has 70 valence electrons. The Hall–Kier alpha value is -0.410. The second-order valence-corrected chi connectivity index (χ2v) is 4.22. The number of aliphatic hydroxyl groups excluding tert-OH is 1. The first-order valence-electron chi connectivity index (χ1n) is 4.32. The van der Waals surface area contributed by atoms with Crippen LogP contribution in [0.2, 0.25) is 0 Å². The second kappa shape index (κ2) is 3.39. The Kier molecular flexibility index (Phi) is 2.39. The van der Waals surface area contributed by atoms with Gasteiger partial charge in [-0.15, -0.1) is 0 Å². The number of hydrogen-bond donors (Lipinski definition) is 1. The summed E-state index contributed by atoms with van der Waals surface area (Å²) in [6.45, 7) is 0. The van der Waals surface area contributed by atoms with Crippen molar-refractivity contribution in [1.82, 2.24) is 0 Å². The highest BCUT2D eigenvalue weighted by Gasteiger charge is 2.32. The van der Waals surface area contributed by atoms with Crippen LogP contribution in [0.1, 0.15) is 24.5 Å². The van der Waals surface area contributed by atoms with Gasteiger partial charge in [0, 0.05) is 0 Å². The van der Waals surface area contributed by atoms with Crippen LogP contribution in [0, 0.1) is 11.7 Å². The molecule has 0 amide bonds. The monoisotopic (exact) mass is 244 g/mol. The third-order valence-corrected chi connectivity index (χ3v) is 3.21. The lowest BCUT2D eigenvalue weighted by atomic mass is 10.1. The molecule has 0 bridgehead atoms. The van der Waals surface area contributed by atoms with E-state index in [1.807, 2.05) is 0 Å². The van der Waals surface area contributed by atoms with E-state index in [2.05, 4.69) is 15.9 Å². The smallest absolute Gasteiger partial charge is 0.137 e. The van der Waals surface area contributed by atoms with E-state index in [9.17, 15) is 9.50 Å². The Morgan fingerprint density at radius 2 is 2.15 bits per heavy atom. The van der Waals surface area contributed by atoms with Crippen LogP contribution in [0.15, 0.2) is 22.7 Å². The maximum atomic E-state index is 13.1. The molecule has 1 saturated carbocycles. The quantitative estimate of drug-likeness (QED) is 0.849. The summed E-state index contributed by atoms with van der Waals surface area (Å²) in [7, 11) is 0. The third kappa shape index (κ3) is 1.76. The van der Waals surface area contributed by atoms with Gasteiger partial charge in [0.15, 0.2) is 0 Å². The van der Waals surface area contributed by atoms with Crippen molar-refractivity contribution in [3.63, 3.8) is 0 Å². The van der Waals surface area contributed by atoms with Crippen molar-refractivity contribution in [2.75, 3.05) is 0 Å². The van der Waals surface area contributed by atoms with Gasteiger partial charge in [-0.1, -0.05) is 12.1 Å². The van der Waals surface area contributed by atoms with Gasteiger partial charge >= 0.3 is 0 Å². The highest BCUT2D eigenvalue weighted by Crippen LogP contribution is 2.43. The van der Waals surface area contributed by atoms with E-state index in [1.165, 1.54) is 6.07 Å². The number of hydrogen-bond acceptors (Lipinski definition) is 1. The standard InChI is InChI=1S/C10H10BrFO/c11-9-7(2-1-3-8(9)12)10(13)6-4-5-6/h1-3,6,10,13H,4-5H2. The van der Waals surface area contributed by atoms with Crippen LogP contribution in [-0.4, -0.2) is 5.11 Å². The fraction of sp³-hybridized carbons (Fsp3) is 0.400. The van der Waals surface area contributed by atoms with Gasteiger partial charge in [-0.3, -0.25) is 0 Å². The number of halogens is 2. The molecule has 0 aromatic heterocycles. The molecule has 1 N–H and O–H groups in total. The van der Waals surface area contributed by atoms with Crippen LogP contribution in [-0.2, 0) is 0 Å². The zero-order valence-electron chi connectivity index (χ0n) is 7.00. The number of rotatable bonds is 2. The molecule has 13 heavy (non-hydrogen) atoms. The maximum absolute atomic E-state index is 13.1. The number of aliphatic hydroxyl groups is 1. The maximum Gasteiger partial charge on any atom is 0.137 e. The lowest BCUT2D eigenvalue weighted by Crippen LogP contribution is -2.01. The molecular formula is C10H10BrFO. The topological polar surface area (TPSA) is 20.2 Å². The van der Waals surface area contributed by atoms with Gasteiger partial charge in [-0.05, 0) is 46.3 Å². The molecule has 0 radical (unpaired) electrons. The summed E-state index contributed by atoms with van der Waals surface area (Å²) in [5, 5.41) is 9.77.